The van der Waals surface area contributed by atoms with E-state index in [9.17, 15) is 9.59 Å². The van der Waals surface area contributed by atoms with Crippen molar-refractivity contribution < 1.29 is 9.59 Å². The first-order valence-electron chi connectivity index (χ1n) is 8.40. The molecule has 25 heavy (non-hydrogen) atoms. The molecule has 0 saturated heterocycles. The second-order valence-electron chi connectivity index (χ2n) is 6.08. The third kappa shape index (κ3) is 3.87. The van der Waals surface area contributed by atoms with Gasteiger partial charge in [0.2, 0.25) is 5.91 Å². The minimum Gasteiger partial charge on any atom is -0.325 e. The van der Waals surface area contributed by atoms with Crippen LogP contribution in [0.2, 0.25) is 0 Å². The number of likely N-dealkylation sites (N-methyl/N-ethyl adjacent to an activating group) is 1. The molecule has 2 amide bonds. The van der Waals surface area contributed by atoms with Gasteiger partial charge in [-0.25, -0.2) is 0 Å². The third-order valence-electron chi connectivity index (χ3n) is 4.38. The Morgan fingerprint density at radius 1 is 1.08 bits per heavy atom. The normalized spacial score (nSPS) is 14.2. The van der Waals surface area contributed by atoms with Crippen molar-refractivity contribution in [1.29, 1.82) is 0 Å². The van der Waals surface area contributed by atoms with Crippen LogP contribution in [0.25, 0.3) is 0 Å². The zero-order valence-electron chi connectivity index (χ0n) is 14.6. The molecule has 3 rings (SSSR count). The maximum Gasteiger partial charge on any atom is 0.254 e. The monoisotopic (exact) mass is 354 g/mol. The summed E-state index contributed by atoms with van der Waals surface area (Å²) in [7, 11) is 1.76. The Balaban J connectivity index is 1.81. The SMILES string of the molecule is CCSCc1ccc(C(=O)N2CC(=O)N(C)c3ccccc3C2)cc1. The first-order valence-corrected chi connectivity index (χ1v) is 9.56. The Kier molecular flexibility index (Phi) is 5.43. The van der Waals surface area contributed by atoms with Gasteiger partial charge in [0.15, 0.2) is 0 Å². The molecular weight excluding hydrogens is 332 g/mol. The van der Waals surface area contributed by atoms with Crippen molar-refractivity contribution in [2.45, 2.75) is 19.2 Å². The van der Waals surface area contributed by atoms with Crippen LogP contribution in [0, 0.1) is 0 Å². The molecule has 0 spiro atoms. The van der Waals surface area contributed by atoms with E-state index in [0.29, 0.717) is 12.1 Å². The van der Waals surface area contributed by atoms with E-state index in [1.165, 1.54) is 5.56 Å². The Morgan fingerprint density at radius 3 is 2.52 bits per heavy atom. The fraction of sp³-hybridized carbons (Fsp3) is 0.300. The molecule has 4 nitrogen and oxygen atoms in total. The number of hydrogen-bond acceptors (Lipinski definition) is 3. The van der Waals surface area contributed by atoms with E-state index >= 15 is 0 Å². The number of carbonyl (C=O) groups is 2. The van der Waals surface area contributed by atoms with E-state index in [2.05, 4.69) is 6.92 Å². The molecule has 130 valence electrons. The van der Waals surface area contributed by atoms with Crippen molar-refractivity contribution in [3.63, 3.8) is 0 Å². The van der Waals surface area contributed by atoms with Gasteiger partial charge in [-0.1, -0.05) is 37.3 Å². The van der Waals surface area contributed by atoms with Crippen molar-refractivity contribution in [3.8, 4) is 0 Å². The molecule has 0 radical (unpaired) electrons. The quantitative estimate of drug-likeness (QED) is 0.843. The van der Waals surface area contributed by atoms with Crippen molar-refractivity contribution in [3.05, 3.63) is 65.2 Å². The van der Waals surface area contributed by atoms with E-state index < -0.39 is 0 Å². The van der Waals surface area contributed by atoms with Gasteiger partial charge in [-0.15, -0.1) is 0 Å². The fourth-order valence-corrected chi connectivity index (χ4v) is 3.56. The third-order valence-corrected chi connectivity index (χ3v) is 5.32. The van der Waals surface area contributed by atoms with E-state index in [1.54, 1.807) is 16.8 Å². The van der Waals surface area contributed by atoms with Gasteiger partial charge in [-0.05, 0) is 35.1 Å². The highest BCUT2D eigenvalue weighted by atomic mass is 32.2. The molecular formula is C20H22N2O2S. The molecule has 0 aliphatic carbocycles. The minimum atomic E-state index is -0.104. The van der Waals surface area contributed by atoms with Crippen molar-refractivity contribution in [1.82, 2.24) is 4.90 Å². The van der Waals surface area contributed by atoms with Crippen LogP contribution in [-0.4, -0.2) is 36.1 Å². The summed E-state index contributed by atoms with van der Waals surface area (Å²) in [6.45, 7) is 2.67. The smallest absolute Gasteiger partial charge is 0.254 e. The minimum absolute atomic E-state index is 0.0748. The molecule has 1 aliphatic heterocycles. The second kappa shape index (κ2) is 7.74. The average Bonchev–Trinajstić information content (AvgIpc) is 2.77. The lowest BCUT2D eigenvalue weighted by Gasteiger charge is -2.20. The maximum atomic E-state index is 12.9. The average molecular weight is 354 g/mol. The zero-order chi connectivity index (χ0) is 17.8. The lowest BCUT2D eigenvalue weighted by molar-refractivity contribution is -0.118. The van der Waals surface area contributed by atoms with Gasteiger partial charge >= 0.3 is 0 Å². The first-order chi connectivity index (χ1) is 12.1. The fourth-order valence-electron chi connectivity index (χ4n) is 2.93. The molecule has 0 bridgehead atoms. The van der Waals surface area contributed by atoms with E-state index in [1.807, 2.05) is 60.3 Å². The summed E-state index contributed by atoms with van der Waals surface area (Å²) >= 11 is 1.85. The lowest BCUT2D eigenvalue weighted by atomic mass is 10.1. The van der Waals surface area contributed by atoms with Crippen LogP contribution < -0.4 is 4.90 Å². The summed E-state index contributed by atoms with van der Waals surface area (Å²) in [6.07, 6.45) is 0. The predicted molar refractivity (Wildman–Crippen MR) is 103 cm³/mol. The van der Waals surface area contributed by atoms with Gasteiger partial charge in [0.25, 0.3) is 5.91 Å². The molecule has 0 atom stereocenters. The summed E-state index contributed by atoms with van der Waals surface area (Å²) < 4.78 is 0. The maximum absolute atomic E-state index is 12.9. The highest BCUT2D eigenvalue weighted by molar-refractivity contribution is 7.98. The van der Waals surface area contributed by atoms with Crippen molar-refractivity contribution in [2.75, 3.05) is 24.2 Å². The molecule has 2 aromatic carbocycles. The van der Waals surface area contributed by atoms with Crippen LogP contribution in [0.3, 0.4) is 0 Å². The van der Waals surface area contributed by atoms with Gasteiger partial charge in [0.05, 0.1) is 0 Å². The highest BCUT2D eigenvalue weighted by Gasteiger charge is 2.27. The number of amides is 2. The molecule has 5 heteroatoms. The van der Waals surface area contributed by atoms with Crippen LogP contribution in [0.5, 0.6) is 0 Å². The van der Waals surface area contributed by atoms with Crippen LogP contribution in [0.4, 0.5) is 5.69 Å². The molecule has 1 heterocycles. The molecule has 1 aliphatic rings. The molecule has 0 N–H and O–H groups in total. The van der Waals surface area contributed by atoms with E-state index in [0.717, 1.165) is 22.8 Å². The predicted octanol–water partition coefficient (Wildman–Crippen LogP) is 3.56. The molecule has 0 unspecified atom stereocenters. The molecule has 0 fully saturated rings. The summed E-state index contributed by atoms with van der Waals surface area (Å²) in [5.41, 5.74) is 3.69. The first kappa shape index (κ1) is 17.5. The Morgan fingerprint density at radius 2 is 1.80 bits per heavy atom. The number of rotatable bonds is 4. The Bertz CT molecular complexity index is 774. The van der Waals surface area contributed by atoms with E-state index in [4.69, 9.17) is 0 Å². The summed E-state index contributed by atoms with van der Waals surface area (Å²) in [5, 5.41) is 0. The number of para-hydroxylation sites is 1. The lowest BCUT2D eigenvalue weighted by Crippen LogP contribution is -2.38. The number of nitrogens with zero attached hydrogens (tertiary/aromatic N) is 2. The van der Waals surface area contributed by atoms with Gasteiger partial charge < -0.3 is 9.80 Å². The van der Waals surface area contributed by atoms with Crippen LogP contribution in [-0.2, 0) is 17.1 Å². The molecule has 0 saturated carbocycles. The Hall–Kier alpha value is -2.27. The van der Waals surface area contributed by atoms with Gasteiger partial charge in [0, 0.05) is 30.6 Å². The number of thioether (sulfide) groups is 1. The summed E-state index contributed by atoms with van der Waals surface area (Å²) in [4.78, 5) is 28.6. The van der Waals surface area contributed by atoms with Gasteiger partial charge in [-0.2, -0.15) is 11.8 Å². The number of benzene rings is 2. The van der Waals surface area contributed by atoms with Crippen molar-refractivity contribution >= 4 is 29.3 Å². The number of anilines is 1. The van der Waals surface area contributed by atoms with Crippen molar-refractivity contribution in [2.24, 2.45) is 0 Å². The molecule has 2 aromatic rings. The van der Waals surface area contributed by atoms with Crippen LogP contribution in [0.1, 0.15) is 28.4 Å². The topological polar surface area (TPSA) is 40.6 Å². The van der Waals surface area contributed by atoms with Gasteiger partial charge in [-0.3, -0.25) is 9.59 Å². The summed E-state index contributed by atoms with van der Waals surface area (Å²) in [6, 6.07) is 15.4. The molecule has 0 aromatic heterocycles. The van der Waals surface area contributed by atoms with Crippen LogP contribution in [0.15, 0.2) is 48.5 Å². The summed E-state index contributed by atoms with van der Waals surface area (Å²) in [5.74, 6) is 1.84. The second-order valence-corrected chi connectivity index (χ2v) is 7.35. The van der Waals surface area contributed by atoms with E-state index in [-0.39, 0.29) is 18.4 Å². The van der Waals surface area contributed by atoms with Crippen LogP contribution >= 0.6 is 11.8 Å². The largest absolute Gasteiger partial charge is 0.325 e. The highest BCUT2D eigenvalue weighted by Crippen LogP contribution is 2.25. The number of hydrogen-bond donors (Lipinski definition) is 0. The Labute approximate surface area is 152 Å². The zero-order valence-corrected chi connectivity index (χ0v) is 15.4. The standard InChI is InChI=1S/C20H22N2O2S/c1-3-25-14-15-8-10-16(11-9-15)20(24)22-12-17-6-4-5-7-18(17)21(2)19(23)13-22/h4-11H,3,12-14H2,1-2H3. The van der Waals surface area contributed by atoms with Gasteiger partial charge in [0.1, 0.15) is 6.54 Å². The number of carbonyl (C=O) groups excluding carboxylic acids is 2. The number of fused-ring (bicyclic) bond motifs is 1.